The summed E-state index contributed by atoms with van der Waals surface area (Å²) >= 11 is 0. The quantitative estimate of drug-likeness (QED) is 0.558. The fraction of sp³-hybridized carbons (Fsp3) is 0.900. The number of nitrogens with one attached hydrogen (secondary N) is 1. The third kappa shape index (κ3) is 8.35. The van der Waals surface area contributed by atoms with Crippen molar-refractivity contribution < 1.29 is 14.3 Å². The molecule has 0 rings (SSSR count). The van der Waals surface area contributed by atoms with Crippen LogP contribution in [0, 0.1) is 0 Å². The van der Waals surface area contributed by atoms with E-state index in [9.17, 15) is 4.79 Å². The van der Waals surface area contributed by atoms with Crippen LogP contribution in [0.15, 0.2) is 0 Å². The van der Waals surface area contributed by atoms with Crippen LogP contribution in [0.4, 0.5) is 0 Å². The van der Waals surface area contributed by atoms with Crippen LogP contribution in [0.3, 0.4) is 0 Å². The summed E-state index contributed by atoms with van der Waals surface area (Å²) in [4.78, 5) is 11.3. The van der Waals surface area contributed by atoms with E-state index in [4.69, 9.17) is 15.2 Å². The molecule has 0 radical (unpaired) electrons. The lowest BCUT2D eigenvalue weighted by Gasteiger charge is -2.17. The number of carbonyl (C=O) groups is 1. The van der Waals surface area contributed by atoms with E-state index < -0.39 is 5.54 Å². The molecule has 0 fully saturated rings. The molecule has 1 amide bonds. The average Bonchev–Trinajstić information content (AvgIpc) is 2.14. The average molecular weight is 218 g/mol. The third-order valence-corrected chi connectivity index (χ3v) is 1.77. The van der Waals surface area contributed by atoms with E-state index in [0.29, 0.717) is 26.4 Å². The number of hydrogen-bond acceptors (Lipinski definition) is 4. The Balaban J connectivity index is 3.28. The van der Waals surface area contributed by atoms with Gasteiger partial charge in [-0.25, -0.2) is 0 Å². The molecular formula is C10H22N2O3. The van der Waals surface area contributed by atoms with Gasteiger partial charge in [-0.3, -0.25) is 4.79 Å². The molecule has 0 saturated carbocycles. The number of carbonyl (C=O) groups excluding carboxylic acids is 1. The molecule has 0 aromatic heterocycles. The number of amides is 1. The van der Waals surface area contributed by atoms with Crippen LogP contribution in [-0.2, 0) is 14.3 Å². The van der Waals surface area contributed by atoms with Crippen molar-refractivity contribution in [3.8, 4) is 0 Å². The molecule has 5 heteroatoms. The van der Waals surface area contributed by atoms with Gasteiger partial charge in [0.15, 0.2) is 0 Å². The normalized spacial score (nSPS) is 11.5. The predicted molar refractivity (Wildman–Crippen MR) is 58.6 cm³/mol. The van der Waals surface area contributed by atoms with Crippen LogP contribution in [0.2, 0.25) is 0 Å². The molecule has 5 nitrogen and oxygen atoms in total. The monoisotopic (exact) mass is 218 g/mol. The van der Waals surface area contributed by atoms with E-state index in [1.807, 2.05) is 0 Å². The van der Waals surface area contributed by atoms with E-state index in [2.05, 4.69) is 5.32 Å². The molecule has 0 aliphatic rings. The summed E-state index contributed by atoms with van der Waals surface area (Å²) in [5, 5.41) is 2.74. The summed E-state index contributed by atoms with van der Waals surface area (Å²) in [7, 11) is 1.63. The highest BCUT2D eigenvalue weighted by Crippen LogP contribution is 1.95. The van der Waals surface area contributed by atoms with Crippen LogP contribution < -0.4 is 11.1 Å². The maximum Gasteiger partial charge on any atom is 0.239 e. The Morgan fingerprint density at radius 3 is 2.53 bits per heavy atom. The highest BCUT2D eigenvalue weighted by atomic mass is 16.5. The van der Waals surface area contributed by atoms with Crippen LogP contribution in [0.1, 0.15) is 20.3 Å². The van der Waals surface area contributed by atoms with Gasteiger partial charge in [-0.15, -0.1) is 0 Å². The van der Waals surface area contributed by atoms with Gasteiger partial charge in [-0.05, 0) is 20.3 Å². The lowest BCUT2D eigenvalue weighted by atomic mass is 10.1. The first-order valence-electron chi connectivity index (χ1n) is 5.12. The minimum Gasteiger partial charge on any atom is -0.382 e. The molecule has 0 unspecified atom stereocenters. The summed E-state index contributed by atoms with van der Waals surface area (Å²) in [6.45, 7) is 5.75. The van der Waals surface area contributed by atoms with Gasteiger partial charge in [0.1, 0.15) is 0 Å². The molecule has 3 N–H and O–H groups in total. The summed E-state index contributed by atoms with van der Waals surface area (Å²) in [6, 6.07) is 0. The van der Waals surface area contributed by atoms with E-state index in [1.165, 1.54) is 0 Å². The molecule has 0 atom stereocenters. The van der Waals surface area contributed by atoms with Crippen molar-refractivity contribution in [2.75, 3.05) is 33.5 Å². The predicted octanol–water partition coefficient (Wildman–Crippen LogP) is -0.107. The van der Waals surface area contributed by atoms with E-state index >= 15 is 0 Å². The lowest BCUT2D eigenvalue weighted by Crippen LogP contribution is -2.49. The number of ether oxygens (including phenoxy) is 2. The van der Waals surface area contributed by atoms with Crippen molar-refractivity contribution >= 4 is 5.91 Å². The second kappa shape index (κ2) is 7.62. The smallest absolute Gasteiger partial charge is 0.239 e. The van der Waals surface area contributed by atoms with Crippen molar-refractivity contribution in [1.29, 1.82) is 0 Å². The third-order valence-electron chi connectivity index (χ3n) is 1.77. The standard InChI is InChI=1S/C10H22N2O3/c1-10(2,11)9(13)12-5-4-6-15-8-7-14-3/h4-8,11H2,1-3H3,(H,12,13). The van der Waals surface area contributed by atoms with Gasteiger partial charge < -0.3 is 20.5 Å². The zero-order valence-electron chi connectivity index (χ0n) is 9.84. The number of rotatable bonds is 8. The number of methoxy groups -OCH3 is 1. The van der Waals surface area contributed by atoms with Gasteiger partial charge in [-0.1, -0.05) is 0 Å². The summed E-state index contributed by atoms with van der Waals surface area (Å²) in [5.74, 6) is -0.139. The first-order valence-corrected chi connectivity index (χ1v) is 5.12. The largest absolute Gasteiger partial charge is 0.382 e. The first-order chi connectivity index (χ1) is 6.98. The van der Waals surface area contributed by atoms with Crippen LogP contribution in [0.25, 0.3) is 0 Å². The van der Waals surface area contributed by atoms with Crippen LogP contribution >= 0.6 is 0 Å². The molecule has 0 aliphatic carbocycles. The Kier molecular flexibility index (Phi) is 7.29. The summed E-state index contributed by atoms with van der Waals surface area (Å²) in [5.41, 5.74) is 4.79. The first kappa shape index (κ1) is 14.3. The molecule has 0 saturated heterocycles. The van der Waals surface area contributed by atoms with Gasteiger partial charge in [0, 0.05) is 20.3 Å². The van der Waals surface area contributed by atoms with Crippen molar-refractivity contribution in [1.82, 2.24) is 5.32 Å². The lowest BCUT2D eigenvalue weighted by molar-refractivity contribution is -0.125. The molecule has 0 aromatic rings. The summed E-state index contributed by atoms with van der Waals surface area (Å²) in [6.07, 6.45) is 0.783. The molecular weight excluding hydrogens is 196 g/mol. The highest BCUT2D eigenvalue weighted by molar-refractivity contribution is 5.84. The number of hydrogen-bond donors (Lipinski definition) is 2. The molecule has 0 heterocycles. The van der Waals surface area contributed by atoms with Crippen molar-refractivity contribution in [3.05, 3.63) is 0 Å². The van der Waals surface area contributed by atoms with Gasteiger partial charge in [0.25, 0.3) is 0 Å². The molecule has 15 heavy (non-hydrogen) atoms. The topological polar surface area (TPSA) is 73.6 Å². The Morgan fingerprint density at radius 2 is 2.00 bits per heavy atom. The molecule has 0 bridgehead atoms. The fourth-order valence-electron chi connectivity index (χ4n) is 0.848. The fourth-order valence-corrected chi connectivity index (χ4v) is 0.848. The Morgan fingerprint density at radius 1 is 1.33 bits per heavy atom. The van der Waals surface area contributed by atoms with Gasteiger partial charge in [0.05, 0.1) is 18.8 Å². The molecule has 0 aromatic carbocycles. The molecule has 0 spiro atoms. The van der Waals surface area contributed by atoms with Gasteiger partial charge >= 0.3 is 0 Å². The number of nitrogens with two attached hydrogens (primary N) is 1. The van der Waals surface area contributed by atoms with Crippen LogP contribution in [-0.4, -0.2) is 44.9 Å². The summed E-state index contributed by atoms with van der Waals surface area (Å²) < 4.78 is 10.1. The van der Waals surface area contributed by atoms with E-state index in [-0.39, 0.29) is 5.91 Å². The Labute approximate surface area is 91.3 Å². The van der Waals surface area contributed by atoms with Gasteiger partial charge in [-0.2, -0.15) is 0 Å². The Hall–Kier alpha value is -0.650. The van der Waals surface area contributed by atoms with E-state index in [0.717, 1.165) is 6.42 Å². The van der Waals surface area contributed by atoms with Crippen molar-refractivity contribution in [2.24, 2.45) is 5.73 Å². The minimum absolute atomic E-state index is 0.139. The molecule has 90 valence electrons. The van der Waals surface area contributed by atoms with Gasteiger partial charge in [0.2, 0.25) is 5.91 Å². The SMILES string of the molecule is COCCOCCCNC(=O)C(C)(C)N. The highest BCUT2D eigenvalue weighted by Gasteiger charge is 2.20. The van der Waals surface area contributed by atoms with Crippen LogP contribution in [0.5, 0.6) is 0 Å². The Bertz CT molecular complexity index is 178. The zero-order chi connectivity index (χ0) is 11.7. The maximum absolute atomic E-state index is 11.3. The van der Waals surface area contributed by atoms with E-state index in [1.54, 1.807) is 21.0 Å². The van der Waals surface area contributed by atoms with Crippen molar-refractivity contribution in [2.45, 2.75) is 25.8 Å². The van der Waals surface area contributed by atoms with Crippen molar-refractivity contribution in [3.63, 3.8) is 0 Å². The second-order valence-corrected chi connectivity index (χ2v) is 3.94. The zero-order valence-corrected chi connectivity index (χ0v) is 9.84. The second-order valence-electron chi connectivity index (χ2n) is 3.94. The maximum atomic E-state index is 11.3. The molecule has 0 aliphatic heterocycles. The minimum atomic E-state index is -0.809.